The fraction of sp³-hybridized carbons (Fsp3) is 0.500. The lowest BCUT2D eigenvalue weighted by Crippen LogP contribution is -2.47. The van der Waals surface area contributed by atoms with Gasteiger partial charge in [0.15, 0.2) is 5.13 Å². The maximum Gasteiger partial charge on any atom is 0.323 e. The third-order valence-electron chi connectivity index (χ3n) is 2.47. The third kappa shape index (κ3) is 3.41. The highest BCUT2D eigenvalue weighted by Crippen LogP contribution is 2.14. The average Bonchev–Trinajstić information content (AvgIpc) is 2.81. The van der Waals surface area contributed by atoms with Crippen molar-refractivity contribution in [2.45, 2.75) is 12.5 Å². The summed E-state index contributed by atoms with van der Waals surface area (Å²) in [4.78, 5) is 28.0. The number of rotatable bonds is 3. The Labute approximate surface area is 107 Å². The number of morpholine rings is 1. The zero-order valence-corrected chi connectivity index (χ0v) is 10.4. The molecule has 8 heteroatoms. The lowest BCUT2D eigenvalue weighted by molar-refractivity contribution is -0.141. The summed E-state index contributed by atoms with van der Waals surface area (Å²) < 4.78 is 5.29. The predicted molar refractivity (Wildman–Crippen MR) is 64.7 cm³/mol. The first-order valence-corrected chi connectivity index (χ1v) is 6.32. The molecular weight excluding hydrogens is 258 g/mol. The first kappa shape index (κ1) is 12.8. The number of ether oxygens (including phenoxy) is 1. The molecule has 1 atom stereocenters. The molecule has 98 valence electrons. The number of nitrogens with zero attached hydrogens (tertiary/aromatic N) is 2. The molecule has 1 fully saturated rings. The Morgan fingerprint density at radius 3 is 3.17 bits per heavy atom. The summed E-state index contributed by atoms with van der Waals surface area (Å²) in [7, 11) is 0. The van der Waals surface area contributed by atoms with Crippen LogP contribution in [0.5, 0.6) is 0 Å². The third-order valence-corrected chi connectivity index (χ3v) is 3.16. The number of nitrogens with one attached hydrogen (secondary N) is 1. The van der Waals surface area contributed by atoms with Gasteiger partial charge in [0.05, 0.1) is 19.1 Å². The maximum absolute atomic E-state index is 11.9. The first-order valence-electron chi connectivity index (χ1n) is 5.44. The zero-order valence-electron chi connectivity index (χ0n) is 9.54. The van der Waals surface area contributed by atoms with Crippen LogP contribution in [0.15, 0.2) is 11.6 Å². The Balaban J connectivity index is 1.88. The highest BCUT2D eigenvalue weighted by Gasteiger charge is 2.26. The van der Waals surface area contributed by atoms with Crippen LogP contribution in [0.2, 0.25) is 0 Å². The highest BCUT2D eigenvalue weighted by molar-refractivity contribution is 7.13. The van der Waals surface area contributed by atoms with Crippen LogP contribution in [0.25, 0.3) is 0 Å². The molecule has 2 amide bonds. The van der Waals surface area contributed by atoms with Crippen molar-refractivity contribution in [3.63, 3.8) is 0 Å². The molecule has 1 aliphatic heterocycles. The van der Waals surface area contributed by atoms with Crippen LogP contribution >= 0.6 is 11.3 Å². The lowest BCUT2D eigenvalue weighted by atomic mass is 10.2. The standard InChI is InChI=1S/C10H13N3O4S/c14-8(15)5-7-6-13(2-3-17-7)10(16)12-9-11-1-4-18-9/h1,4,7H,2-3,5-6H2,(H,14,15)(H,11,12,16). The normalized spacial score (nSPS) is 19.6. The minimum absolute atomic E-state index is 0.0962. The number of carboxylic acid groups (broad SMARTS) is 1. The van der Waals surface area contributed by atoms with Gasteiger partial charge in [0.25, 0.3) is 0 Å². The average molecular weight is 271 g/mol. The minimum atomic E-state index is -0.929. The molecule has 0 bridgehead atoms. The van der Waals surface area contributed by atoms with Gasteiger partial charge in [0.1, 0.15) is 0 Å². The van der Waals surface area contributed by atoms with E-state index in [1.807, 2.05) is 0 Å². The van der Waals surface area contributed by atoms with Crippen molar-refractivity contribution in [3.8, 4) is 0 Å². The number of thiazole rings is 1. The van der Waals surface area contributed by atoms with Crippen molar-refractivity contribution in [3.05, 3.63) is 11.6 Å². The van der Waals surface area contributed by atoms with E-state index in [1.54, 1.807) is 16.5 Å². The van der Waals surface area contributed by atoms with Gasteiger partial charge >= 0.3 is 12.0 Å². The number of carbonyl (C=O) groups excluding carboxylic acids is 1. The largest absolute Gasteiger partial charge is 0.481 e. The molecular formula is C10H13N3O4S. The number of urea groups is 1. The van der Waals surface area contributed by atoms with Crippen LogP contribution in [0.1, 0.15) is 6.42 Å². The summed E-state index contributed by atoms with van der Waals surface area (Å²) in [5.74, 6) is -0.929. The van der Waals surface area contributed by atoms with Crippen molar-refractivity contribution < 1.29 is 19.4 Å². The lowest BCUT2D eigenvalue weighted by Gasteiger charge is -2.31. The van der Waals surface area contributed by atoms with E-state index in [4.69, 9.17) is 9.84 Å². The highest BCUT2D eigenvalue weighted by atomic mass is 32.1. The molecule has 18 heavy (non-hydrogen) atoms. The van der Waals surface area contributed by atoms with Gasteiger partial charge in [0, 0.05) is 24.7 Å². The van der Waals surface area contributed by atoms with Crippen LogP contribution in [0, 0.1) is 0 Å². The van der Waals surface area contributed by atoms with Crippen molar-refractivity contribution in [2.24, 2.45) is 0 Å². The van der Waals surface area contributed by atoms with Crippen LogP contribution in [0.3, 0.4) is 0 Å². The van der Waals surface area contributed by atoms with Crippen LogP contribution in [-0.4, -0.2) is 52.8 Å². The molecule has 1 aromatic heterocycles. The number of anilines is 1. The van der Waals surface area contributed by atoms with Crippen molar-refractivity contribution in [2.75, 3.05) is 25.0 Å². The Morgan fingerprint density at radius 2 is 2.50 bits per heavy atom. The van der Waals surface area contributed by atoms with E-state index in [9.17, 15) is 9.59 Å². The molecule has 0 radical (unpaired) electrons. The maximum atomic E-state index is 11.9. The van der Waals surface area contributed by atoms with Crippen molar-refractivity contribution in [1.29, 1.82) is 0 Å². The zero-order chi connectivity index (χ0) is 13.0. The summed E-state index contributed by atoms with van der Waals surface area (Å²) in [5, 5.41) is 13.6. The number of carboxylic acids is 1. The Hall–Kier alpha value is -1.67. The molecule has 1 unspecified atom stereocenters. The number of carbonyl (C=O) groups is 2. The Morgan fingerprint density at radius 1 is 1.67 bits per heavy atom. The summed E-state index contributed by atoms with van der Waals surface area (Å²) in [5.41, 5.74) is 0. The van der Waals surface area contributed by atoms with E-state index in [-0.39, 0.29) is 19.0 Å². The number of aromatic nitrogens is 1. The second-order valence-electron chi connectivity index (χ2n) is 3.80. The fourth-order valence-electron chi connectivity index (χ4n) is 1.68. The SMILES string of the molecule is O=C(O)CC1CN(C(=O)Nc2nccs2)CCO1. The van der Waals surface area contributed by atoms with E-state index < -0.39 is 12.1 Å². The van der Waals surface area contributed by atoms with Crippen molar-refractivity contribution >= 4 is 28.5 Å². The van der Waals surface area contributed by atoms with E-state index in [1.165, 1.54) is 11.3 Å². The van der Waals surface area contributed by atoms with Gasteiger partial charge in [-0.3, -0.25) is 10.1 Å². The number of amides is 2. The molecule has 1 aliphatic rings. The van der Waals surface area contributed by atoms with Gasteiger partial charge in [-0.15, -0.1) is 11.3 Å². The van der Waals surface area contributed by atoms with E-state index in [0.29, 0.717) is 18.3 Å². The summed E-state index contributed by atoms with van der Waals surface area (Å²) in [6.45, 7) is 1.08. The van der Waals surface area contributed by atoms with Gasteiger partial charge < -0.3 is 14.7 Å². The summed E-state index contributed by atoms with van der Waals surface area (Å²) in [6, 6.07) is -0.274. The molecule has 2 rings (SSSR count). The molecule has 1 saturated heterocycles. The van der Waals surface area contributed by atoms with E-state index in [2.05, 4.69) is 10.3 Å². The monoisotopic (exact) mass is 271 g/mol. The summed E-state index contributed by atoms with van der Waals surface area (Å²) >= 11 is 1.33. The fourth-order valence-corrected chi connectivity index (χ4v) is 2.20. The number of aliphatic carboxylic acids is 1. The molecule has 0 spiro atoms. The quantitative estimate of drug-likeness (QED) is 0.850. The van der Waals surface area contributed by atoms with Crippen LogP contribution in [0.4, 0.5) is 9.93 Å². The van der Waals surface area contributed by atoms with Crippen LogP contribution < -0.4 is 5.32 Å². The molecule has 0 aliphatic carbocycles. The van der Waals surface area contributed by atoms with Gasteiger partial charge in [0.2, 0.25) is 0 Å². The first-order chi connectivity index (χ1) is 8.65. The number of hydrogen-bond donors (Lipinski definition) is 2. The molecule has 7 nitrogen and oxygen atoms in total. The molecule has 2 heterocycles. The molecule has 0 saturated carbocycles. The predicted octanol–water partition coefficient (Wildman–Crippen LogP) is 0.850. The number of hydrogen-bond acceptors (Lipinski definition) is 5. The summed E-state index contributed by atoms with van der Waals surface area (Å²) in [6.07, 6.45) is 1.06. The topological polar surface area (TPSA) is 91.8 Å². The second kappa shape index (κ2) is 5.78. The molecule has 0 aromatic carbocycles. The van der Waals surface area contributed by atoms with Gasteiger partial charge in [-0.2, -0.15) is 0 Å². The van der Waals surface area contributed by atoms with Gasteiger partial charge in [-0.05, 0) is 0 Å². The molecule has 1 aromatic rings. The van der Waals surface area contributed by atoms with E-state index in [0.717, 1.165) is 0 Å². The molecule has 2 N–H and O–H groups in total. The smallest absolute Gasteiger partial charge is 0.323 e. The van der Waals surface area contributed by atoms with E-state index >= 15 is 0 Å². The van der Waals surface area contributed by atoms with Crippen molar-refractivity contribution in [1.82, 2.24) is 9.88 Å². The van der Waals surface area contributed by atoms with Gasteiger partial charge in [-0.25, -0.2) is 9.78 Å². The second-order valence-corrected chi connectivity index (χ2v) is 4.70. The minimum Gasteiger partial charge on any atom is -0.481 e. The van der Waals surface area contributed by atoms with Gasteiger partial charge in [-0.1, -0.05) is 0 Å². The Bertz CT molecular complexity index is 423. The van der Waals surface area contributed by atoms with Crippen LogP contribution in [-0.2, 0) is 9.53 Å². The Kier molecular flexibility index (Phi) is 4.11.